The lowest BCUT2D eigenvalue weighted by Crippen LogP contribution is -2.02. The molecule has 0 aliphatic rings. The van der Waals surface area contributed by atoms with Crippen molar-refractivity contribution in [2.75, 3.05) is 0 Å². The molecular formula is C9H10BrN3O. The Morgan fingerprint density at radius 2 is 2.29 bits per heavy atom. The first-order valence-corrected chi connectivity index (χ1v) is 5.05. The molecule has 0 spiro atoms. The summed E-state index contributed by atoms with van der Waals surface area (Å²) in [6, 6.07) is 0. The van der Waals surface area contributed by atoms with E-state index in [2.05, 4.69) is 26.2 Å². The second kappa shape index (κ2) is 3.57. The molecule has 2 rings (SSSR count). The average molecular weight is 256 g/mol. The fourth-order valence-electron chi connectivity index (χ4n) is 1.31. The van der Waals surface area contributed by atoms with Gasteiger partial charge in [0.15, 0.2) is 0 Å². The van der Waals surface area contributed by atoms with Gasteiger partial charge in [0.1, 0.15) is 6.26 Å². The van der Waals surface area contributed by atoms with Gasteiger partial charge >= 0.3 is 0 Å². The van der Waals surface area contributed by atoms with Gasteiger partial charge in [0.05, 0.1) is 28.6 Å². The predicted molar refractivity (Wildman–Crippen MR) is 55.0 cm³/mol. The highest BCUT2D eigenvalue weighted by atomic mass is 79.9. The lowest BCUT2D eigenvalue weighted by molar-refractivity contribution is 0.418. The summed E-state index contributed by atoms with van der Waals surface area (Å²) in [5.74, 6) is 0. The van der Waals surface area contributed by atoms with Crippen molar-refractivity contribution >= 4 is 15.9 Å². The lowest BCUT2D eigenvalue weighted by atomic mass is 10.3. The minimum atomic E-state index is 0.696. The number of aromatic nitrogens is 3. The van der Waals surface area contributed by atoms with Crippen LogP contribution in [-0.2, 0) is 6.54 Å². The van der Waals surface area contributed by atoms with Crippen molar-refractivity contribution in [2.45, 2.75) is 20.4 Å². The molecule has 0 radical (unpaired) electrons. The van der Waals surface area contributed by atoms with Crippen LogP contribution in [0.2, 0.25) is 0 Å². The van der Waals surface area contributed by atoms with Crippen LogP contribution in [0.1, 0.15) is 17.0 Å². The molecule has 4 nitrogen and oxygen atoms in total. The van der Waals surface area contributed by atoms with E-state index in [9.17, 15) is 0 Å². The molecule has 0 aromatic carbocycles. The van der Waals surface area contributed by atoms with E-state index < -0.39 is 0 Å². The Bertz CT molecular complexity index is 433. The number of hydrogen-bond donors (Lipinski definition) is 0. The Kier molecular flexibility index (Phi) is 2.41. The highest BCUT2D eigenvalue weighted by molar-refractivity contribution is 9.10. The van der Waals surface area contributed by atoms with Crippen LogP contribution in [0.25, 0.3) is 0 Å². The van der Waals surface area contributed by atoms with Crippen LogP contribution in [0.4, 0.5) is 0 Å². The first kappa shape index (κ1) is 9.45. The molecule has 0 N–H and O–H groups in total. The minimum Gasteiger partial charge on any atom is -0.364 e. The fraction of sp³-hybridized carbons (Fsp3) is 0.333. The summed E-state index contributed by atoms with van der Waals surface area (Å²) < 4.78 is 7.75. The molecule has 0 aliphatic carbocycles. The molecule has 0 unspecified atom stereocenters. The van der Waals surface area contributed by atoms with E-state index in [-0.39, 0.29) is 0 Å². The monoisotopic (exact) mass is 255 g/mol. The maximum Gasteiger partial charge on any atom is 0.128 e. The highest BCUT2D eigenvalue weighted by Gasteiger charge is 2.09. The summed E-state index contributed by atoms with van der Waals surface area (Å²) in [5, 5.41) is 8.03. The minimum absolute atomic E-state index is 0.696. The molecule has 2 aromatic rings. The molecule has 14 heavy (non-hydrogen) atoms. The zero-order valence-corrected chi connectivity index (χ0v) is 9.58. The van der Waals surface area contributed by atoms with E-state index in [0.29, 0.717) is 6.54 Å². The number of aryl methyl sites for hydroxylation is 1. The molecule has 2 heterocycles. The Hall–Kier alpha value is -1.10. The highest BCUT2D eigenvalue weighted by Crippen LogP contribution is 2.20. The van der Waals surface area contributed by atoms with Crippen LogP contribution >= 0.6 is 15.9 Å². The molecule has 0 aliphatic heterocycles. The number of nitrogens with zero attached hydrogens (tertiary/aromatic N) is 3. The standard InChI is InChI=1S/C9H10BrN3O/c1-6-9(10)7(2)13(12-6)4-8-3-11-14-5-8/h3,5H,4H2,1-2H3. The van der Waals surface area contributed by atoms with Gasteiger partial charge in [-0.1, -0.05) is 5.16 Å². The Morgan fingerprint density at radius 1 is 1.50 bits per heavy atom. The summed E-state index contributed by atoms with van der Waals surface area (Å²) in [7, 11) is 0. The third kappa shape index (κ3) is 1.59. The predicted octanol–water partition coefficient (Wildman–Crippen LogP) is 2.30. The van der Waals surface area contributed by atoms with Gasteiger partial charge in [-0.2, -0.15) is 5.10 Å². The molecule has 0 saturated carbocycles. The summed E-state index contributed by atoms with van der Waals surface area (Å²) >= 11 is 3.48. The summed E-state index contributed by atoms with van der Waals surface area (Å²) in [4.78, 5) is 0. The largest absolute Gasteiger partial charge is 0.364 e. The second-order valence-corrected chi connectivity index (χ2v) is 3.97. The van der Waals surface area contributed by atoms with E-state index >= 15 is 0 Å². The first-order chi connectivity index (χ1) is 6.68. The fourth-order valence-corrected chi connectivity index (χ4v) is 1.59. The van der Waals surface area contributed by atoms with Crippen LogP contribution in [0.3, 0.4) is 0 Å². The van der Waals surface area contributed by atoms with Gasteiger partial charge in [-0.15, -0.1) is 0 Å². The molecular weight excluding hydrogens is 246 g/mol. The van der Waals surface area contributed by atoms with Gasteiger partial charge in [-0.3, -0.25) is 4.68 Å². The summed E-state index contributed by atoms with van der Waals surface area (Å²) in [5.41, 5.74) is 3.13. The molecule has 74 valence electrons. The van der Waals surface area contributed by atoms with Crippen molar-refractivity contribution < 1.29 is 4.52 Å². The van der Waals surface area contributed by atoms with Crippen molar-refractivity contribution in [2.24, 2.45) is 0 Å². The van der Waals surface area contributed by atoms with E-state index in [4.69, 9.17) is 4.52 Å². The molecule has 2 aromatic heterocycles. The van der Waals surface area contributed by atoms with Gasteiger partial charge in [0, 0.05) is 5.56 Å². The van der Waals surface area contributed by atoms with Gasteiger partial charge in [0.2, 0.25) is 0 Å². The first-order valence-electron chi connectivity index (χ1n) is 4.26. The maximum absolute atomic E-state index is 4.76. The zero-order chi connectivity index (χ0) is 10.1. The van der Waals surface area contributed by atoms with E-state index in [1.165, 1.54) is 0 Å². The summed E-state index contributed by atoms with van der Waals surface area (Å²) in [6.07, 6.45) is 3.33. The lowest BCUT2D eigenvalue weighted by Gasteiger charge is -2.00. The molecule has 0 atom stereocenters. The Labute approximate surface area is 90.0 Å². The average Bonchev–Trinajstić information content (AvgIpc) is 2.73. The van der Waals surface area contributed by atoms with Crippen molar-refractivity contribution in [3.63, 3.8) is 0 Å². The number of halogens is 1. The normalized spacial score (nSPS) is 10.8. The van der Waals surface area contributed by atoms with Crippen LogP contribution in [0, 0.1) is 13.8 Å². The topological polar surface area (TPSA) is 43.9 Å². The van der Waals surface area contributed by atoms with Crippen LogP contribution in [-0.4, -0.2) is 14.9 Å². The van der Waals surface area contributed by atoms with Crippen molar-refractivity contribution in [1.82, 2.24) is 14.9 Å². The third-order valence-electron chi connectivity index (χ3n) is 2.11. The Morgan fingerprint density at radius 3 is 2.79 bits per heavy atom. The van der Waals surface area contributed by atoms with Crippen molar-refractivity contribution in [1.29, 1.82) is 0 Å². The van der Waals surface area contributed by atoms with Gasteiger partial charge in [-0.25, -0.2) is 0 Å². The van der Waals surface area contributed by atoms with Crippen molar-refractivity contribution in [3.8, 4) is 0 Å². The van der Waals surface area contributed by atoms with E-state index in [1.54, 1.807) is 12.5 Å². The van der Waals surface area contributed by atoms with Crippen molar-refractivity contribution in [3.05, 3.63) is 33.9 Å². The van der Waals surface area contributed by atoms with E-state index in [1.807, 2.05) is 18.5 Å². The summed E-state index contributed by atoms with van der Waals surface area (Å²) in [6.45, 7) is 4.70. The third-order valence-corrected chi connectivity index (χ3v) is 3.26. The Balaban J connectivity index is 2.30. The SMILES string of the molecule is Cc1nn(Cc2cnoc2)c(C)c1Br. The maximum atomic E-state index is 4.76. The van der Waals surface area contributed by atoms with Gasteiger partial charge < -0.3 is 4.52 Å². The molecule has 0 fully saturated rings. The van der Waals surface area contributed by atoms with E-state index in [0.717, 1.165) is 21.4 Å². The van der Waals surface area contributed by atoms with Gasteiger partial charge in [-0.05, 0) is 29.8 Å². The van der Waals surface area contributed by atoms with Crippen LogP contribution in [0.5, 0.6) is 0 Å². The number of rotatable bonds is 2. The second-order valence-electron chi connectivity index (χ2n) is 3.18. The molecule has 5 heteroatoms. The quantitative estimate of drug-likeness (QED) is 0.828. The van der Waals surface area contributed by atoms with Crippen LogP contribution in [0.15, 0.2) is 21.5 Å². The molecule has 0 bridgehead atoms. The molecule has 0 amide bonds. The zero-order valence-electron chi connectivity index (χ0n) is 7.99. The smallest absolute Gasteiger partial charge is 0.128 e. The van der Waals surface area contributed by atoms with Gasteiger partial charge in [0.25, 0.3) is 0 Å². The number of hydrogen-bond acceptors (Lipinski definition) is 3. The molecule has 0 saturated heterocycles. The van der Waals surface area contributed by atoms with Crippen LogP contribution < -0.4 is 0 Å².